The SMILES string of the molecule is CC(C)(C(N)=O)c1ccc(-c2cc3nccnc3c(OCC3CN(S(C)(=O)=O)CCO3)n2)cc1. The molecule has 1 atom stereocenters. The number of fused-ring (bicyclic) bond motifs is 1. The molecule has 1 unspecified atom stereocenters. The molecule has 2 aromatic heterocycles. The predicted molar refractivity (Wildman–Crippen MR) is 127 cm³/mol. The zero-order valence-electron chi connectivity index (χ0n) is 19.3. The second-order valence-corrected chi connectivity index (χ2v) is 10.7. The van der Waals surface area contributed by atoms with Crippen LogP contribution in [-0.2, 0) is 25.0 Å². The number of hydrogen-bond acceptors (Lipinski definition) is 8. The number of carbonyl (C=O) groups is 1. The molecule has 0 saturated carbocycles. The fourth-order valence-corrected chi connectivity index (χ4v) is 4.50. The Balaban J connectivity index is 1.61. The first kappa shape index (κ1) is 24.0. The van der Waals surface area contributed by atoms with Gasteiger partial charge >= 0.3 is 0 Å². The number of benzene rings is 1. The summed E-state index contributed by atoms with van der Waals surface area (Å²) in [5.41, 5.74) is 8.05. The van der Waals surface area contributed by atoms with Crippen molar-refractivity contribution in [1.82, 2.24) is 19.3 Å². The number of rotatable bonds is 7. The molecule has 3 aromatic rings. The quantitative estimate of drug-likeness (QED) is 0.531. The molecule has 1 aromatic carbocycles. The monoisotopic (exact) mass is 485 g/mol. The van der Waals surface area contributed by atoms with Gasteiger partial charge in [-0.1, -0.05) is 24.3 Å². The number of ether oxygens (including phenoxy) is 2. The number of aromatic nitrogens is 3. The molecule has 10 nitrogen and oxygen atoms in total. The van der Waals surface area contributed by atoms with Crippen molar-refractivity contribution in [2.24, 2.45) is 5.73 Å². The Morgan fingerprint density at radius 3 is 2.62 bits per heavy atom. The van der Waals surface area contributed by atoms with Gasteiger partial charge in [-0.2, -0.15) is 4.31 Å². The Morgan fingerprint density at radius 2 is 1.94 bits per heavy atom. The van der Waals surface area contributed by atoms with E-state index in [-0.39, 0.29) is 19.0 Å². The standard InChI is InChI=1S/C23H27N5O5S/c1-23(2,22(24)29)16-6-4-15(5-7-16)18-12-19-20(26-9-8-25-19)21(27-18)33-14-17-13-28(10-11-32-17)34(3,30)31/h4-9,12,17H,10-11,13-14H2,1-3H3,(H2,24,29). The number of primary amides is 1. The van der Waals surface area contributed by atoms with Crippen LogP contribution < -0.4 is 10.5 Å². The van der Waals surface area contributed by atoms with Gasteiger partial charge in [-0.05, 0) is 25.5 Å². The number of nitrogens with two attached hydrogens (primary N) is 1. The lowest BCUT2D eigenvalue weighted by Crippen LogP contribution is -2.47. The van der Waals surface area contributed by atoms with Crippen molar-refractivity contribution in [2.45, 2.75) is 25.4 Å². The first-order valence-corrected chi connectivity index (χ1v) is 12.6. The normalized spacial score (nSPS) is 17.6. The fraction of sp³-hybridized carbons (Fsp3) is 0.391. The molecule has 180 valence electrons. The summed E-state index contributed by atoms with van der Waals surface area (Å²) in [5.74, 6) is -0.128. The fourth-order valence-electron chi connectivity index (χ4n) is 3.66. The minimum absolute atomic E-state index is 0.111. The maximum absolute atomic E-state index is 11.9. The highest BCUT2D eigenvalue weighted by Crippen LogP contribution is 2.29. The maximum Gasteiger partial charge on any atom is 0.242 e. The molecule has 0 aliphatic carbocycles. The van der Waals surface area contributed by atoms with E-state index < -0.39 is 27.4 Å². The van der Waals surface area contributed by atoms with E-state index in [1.54, 1.807) is 26.2 Å². The molecule has 4 rings (SSSR count). The van der Waals surface area contributed by atoms with Crippen LogP contribution >= 0.6 is 0 Å². The Kier molecular flexibility index (Phi) is 6.52. The Morgan fingerprint density at radius 1 is 1.24 bits per heavy atom. The number of hydrogen-bond donors (Lipinski definition) is 1. The highest BCUT2D eigenvalue weighted by Gasteiger charge is 2.28. The van der Waals surface area contributed by atoms with Crippen LogP contribution in [0.15, 0.2) is 42.7 Å². The zero-order valence-corrected chi connectivity index (χ0v) is 20.1. The molecule has 0 spiro atoms. The minimum atomic E-state index is -3.31. The van der Waals surface area contributed by atoms with E-state index in [0.29, 0.717) is 29.9 Å². The lowest BCUT2D eigenvalue weighted by molar-refractivity contribution is -0.122. The molecule has 1 fully saturated rings. The van der Waals surface area contributed by atoms with Gasteiger partial charge in [-0.15, -0.1) is 0 Å². The van der Waals surface area contributed by atoms with Gasteiger partial charge in [0.25, 0.3) is 0 Å². The molecule has 11 heteroatoms. The highest BCUT2D eigenvalue weighted by molar-refractivity contribution is 7.88. The van der Waals surface area contributed by atoms with Crippen LogP contribution in [0.3, 0.4) is 0 Å². The van der Waals surface area contributed by atoms with Crippen molar-refractivity contribution < 1.29 is 22.7 Å². The third-order valence-corrected chi connectivity index (χ3v) is 7.19. The third-order valence-electron chi connectivity index (χ3n) is 5.92. The van der Waals surface area contributed by atoms with Crippen LogP contribution in [0.4, 0.5) is 0 Å². The summed E-state index contributed by atoms with van der Waals surface area (Å²) in [5, 5.41) is 0. The van der Waals surface area contributed by atoms with Gasteiger partial charge in [0.05, 0.1) is 29.5 Å². The van der Waals surface area contributed by atoms with Gasteiger partial charge in [0.15, 0.2) is 5.52 Å². The molecule has 0 radical (unpaired) electrons. The Hall–Kier alpha value is -3.15. The Bertz CT molecular complexity index is 1310. The van der Waals surface area contributed by atoms with E-state index in [0.717, 1.165) is 11.1 Å². The molecule has 1 saturated heterocycles. The molecule has 1 amide bonds. The van der Waals surface area contributed by atoms with Crippen molar-refractivity contribution in [2.75, 3.05) is 32.6 Å². The van der Waals surface area contributed by atoms with Crippen LogP contribution in [0.5, 0.6) is 5.88 Å². The number of pyridine rings is 1. The molecule has 1 aliphatic rings. The second-order valence-electron chi connectivity index (χ2n) is 8.73. The first-order chi connectivity index (χ1) is 16.1. The van der Waals surface area contributed by atoms with E-state index in [1.165, 1.54) is 10.6 Å². The molecule has 2 N–H and O–H groups in total. The van der Waals surface area contributed by atoms with E-state index in [9.17, 15) is 13.2 Å². The van der Waals surface area contributed by atoms with E-state index in [1.807, 2.05) is 30.3 Å². The lowest BCUT2D eigenvalue weighted by Gasteiger charge is -2.30. The van der Waals surface area contributed by atoms with Crippen LogP contribution in [0.2, 0.25) is 0 Å². The molecular formula is C23H27N5O5S. The van der Waals surface area contributed by atoms with Gasteiger partial charge in [0.1, 0.15) is 12.7 Å². The van der Waals surface area contributed by atoms with Gasteiger partial charge < -0.3 is 15.2 Å². The van der Waals surface area contributed by atoms with E-state index >= 15 is 0 Å². The van der Waals surface area contributed by atoms with Crippen LogP contribution in [0.1, 0.15) is 19.4 Å². The smallest absolute Gasteiger partial charge is 0.242 e. The number of amides is 1. The molecule has 34 heavy (non-hydrogen) atoms. The summed E-state index contributed by atoms with van der Waals surface area (Å²) >= 11 is 0. The summed E-state index contributed by atoms with van der Waals surface area (Å²) in [4.78, 5) is 25.2. The average Bonchev–Trinajstić information content (AvgIpc) is 2.82. The number of morpholine rings is 1. The summed E-state index contributed by atoms with van der Waals surface area (Å²) in [7, 11) is -3.31. The van der Waals surface area contributed by atoms with Crippen molar-refractivity contribution >= 4 is 27.0 Å². The Labute approximate surface area is 198 Å². The van der Waals surface area contributed by atoms with Gasteiger partial charge in [-0.3, -0.25) is 9.78 Å². The third kappa shape index (κ3) is 5.01. The topological polar surface area (TPSA) is 138 Å². The summed E-state index contributed by atoms with van der Waals surface area (Å²) in [6.07, 6.45) is 3.89. The summed E-state index contributed by atoms with van der Waals surface area (Å²) in [6, 6.07) is 9.23. The van der Waals surface area contributed by atoms with Crippen LogP contribution in [-0.4, -0.2) is 72.2 Å². The van der Waals surface area contributed by atoms with Crippen LogP contribution in [0.25, 0.3) is 22.3 Å². The van der Waals surface area contributed by atoms with Gasteiger partial charge in [-0.25, -0.2) is 18.4 Å². The summed E-state index contributed by atoms with van der Waals surface area (Å²) in [6.45, 7) is 4.49. The molecule has 1 aliphatic heterocycles. The van der Waals surface area contributed by atoms with Crippen LogP contribution in [0, 0.1) is 0 Å². The zero-order chi connectivity index (χ0) is 24.5. The van der Waals surface area contributed by atoms with Crippen molar-refractivity contribution in [3.8, 4) is 17.1 Å². The first-order valence-electron chi connectivity index (χ1n) is 10.8. The number of nitrogens with zero attached hydrogens (tertiary/aromatic N) is 4. The minimum Gasteiger partial charge on any atom is -0.473 e. The number of carbonyl (C=O) groups excluding carboxylic acids is 1. The predicted octanol–water partition coefficient (Wildman–Crippen LogP) is 1.49. The van der Waals surface area contributed by atoms with Crippen molar-refractivity contribution in [3.63, 3.8) is 0 Å². The van der Waals surface area contributed by atoms with Gasteiger partial charge in [0.2, 0.25) is 21.8 Å². The van der Waals surface area contributed by atoms with E-state index in [4.69, 9.17) is 15.2 Å². The van der Waals surface area contributed by atoms with Crippen molar-refractivity contribution in [1.29, 1.82) is 0 Å². The molecule has 0 bridgehead atoms. The lowest BCUT2D eigenvalue weighted by atomic mass is 9.83. The second kappa shape index (κ2) is 9.24. The van der Waals surface area contributed by atoms with Gasteiger partial charge in [0, 0.05) is 31.0 Å². The maximum atomic E-state index is 11.9. The largest absolute Gasteiger partial charge is 0.473 e. The number of sulfonamides is 1. The average molecular weight is 486 g/mol. The van der Waals surface area contributed by atoms with Crippen molar-refractivity contribution in [3.05, 3.63) is 48.3 Å². The molecular weight excluding hydrogens is 458 g/mol. The molecule has 3 heterocycles. The highest BCUT2D eigenvalue weighted by atomic mass is 32.2. The van der Waals surface area contributed by atoms with E-state index in [2.05, 4.69) is 15.0 Å². The summed E-state index contributed by atoms with van der Waals surface area (Å²) < 4.78 is 36.8.